The third-order valence-corrected chi connectivity index (χ3v) is 4.32. The molecule has 16 heavy (non-hydrogen) atoms. The van der Waals surface area contributed by atoms with Crippen molar-refractivity contribution in [1.29, 1.82) is 0 Å². The summed E-state index contributed by atoms with van der Waals surface area (Å²) in [5.41, 5.74) is 0.0556. The van der Waals surface area contributed by atoms with Gasteiger partial charge in [0.15, 0.2) is 0 Å². The Balaban J connectivity index is 1.87. The molecule has 92 valence electrons. The lowest BCUT2D eigenvalue weighted by Crippen LogP contribution is -2.52. The summed E-state index contributed by atoms with van der Waals surface area (Å²) in [6, 6.07) is 0.610. The SMILES string of the molecule is CCC1(C(=O)N2CCN(C(C)C)CC2)CC1. The fourth-order valence-electron chi connectivity index (χ4n) is 2.65. The van der Waals surface area contributed by atoms with Crippen LogP contribution in [-0.2, 0) is 4.79 Å². The molecular formula is C13H24N2O. The van der Waals surface area contributed by atoms with Crippen molar-refractivity contribution >= 4 is 5.91 Å². The van der Waals surface area contributed by atoms with Crippen molar-refractivity contribution in [2.75, 3.05) is 26.2 Å². The molecule has 0 atom stereocenters. The molecule has 1 saturated carbocycles. The average Bonchev–Trinajstić information content (AvgIpc) is 3.09. The maximum atomic E-state index is 12.3. The molecule has 1 aliphatic heterocycles. The third-order valence-electron chi connectivity index (χ3n) is 4.32. The van der Waals surface area contributed by atoms with Gasteiger partial charge in [-0.05, 0) is 33.1 Å². The Morgan fingerprint density at radius 1 is 1.19 bits per heavy atom. The van der Waals surface area contributed by atoms with Gasteiger partial charge in [-0.25, -0.2) is 0 Å². The monoisotopic (exact) mass is 224 g/mol. The molecular weight excluding hydrogens is 200 g/mol. The first-order chi connectivity index (χ1) is 7.59. The van der Waals surface area contributed by atoms with Crippen LogP contribution in [0.2, 0.25) is 0 Å². The standard InChI is InChI=1S/C13H24N2O/c1-4-13(5-6-13)12(16)15-9-7-14(8-10-15)11(2)3/h11H,4-10H2,1-3H3. The van der Waals surface area contributed by atoms with Gasteiger partial charge >= 0.3 is 0 Å². The Bertz CT molecular complexity index is 263. The van der Waals surface area contributed by atoms with Crippen LogP contribution >= 0.6 is 0 Å². The largest absolute Gasteiger partial charge is 0.340 e. The number of hydrogen-bond donors (Lipinski definition) is 0. The third kappa shape index (κ3) is 2.10. The van der Waals surface area contributed by atoms with Gasteiger partial charge in [0.25, 0.3) is 0 Å². The first-order valence-corrected chi connectivity index (χ1v) is 6.62. The van der Waals surface area contributed by atoms with Gasteiger partial charge in [0.2, 0.25) is 5.91 Å². The zero-order valence-electron chi connectivity index (χ0n) is 10.8. The lowest BCUT2D eigenvalue weighted by molar-refractivity contribution is -0.139. The minimum Gasteiger partial charge on any atom is -0.340 e. The van der Waals surface area contributed by atoms with E-state index in [1.54, 1.807) is 0 Å². The Morgan fingerprint density at radius 3 is 2.12 bits per heavy atom. The summed E-state index contributed by atoms with van der Waals surface area (Å²) in [5, 5.41) is 0. The molecule has 1 aliphatic carbocycles. The Kier molecular flexibility index (Phi) is 3.24. The predicted molar refractivity (Wildman–Crippen MR) is 65.2 cm³/mol. The quantitative estimate of drug-likeness (QED) is 0.729. The van der Waals surface area contributed by atoms with Crippen LogP contribution in [0.5, 0.6) is 0 Å². The van der Waals surface area contributed by atoms with Crippen LogP contribution in [-0.4, -0.2) is 47.9 Å². The van der Waals surface area contributed by atoms with Crippen molar-refractivity contribution in [2.24, 2.45) is 5.41 Å². The molecule has 3 heteroatoms. The Labute approximate surface area is 98.8 Å². The highest BCUT2D eigenvalue weighted by molar-refractivity contribution is 5.85. The van der Waals surface area contributed by atoms with Crippen molar-refractivity contribution in [3.63, 3.8) is 0 Å². The van der Waals surface area contributed by atoms with E-state index >= 15 is 0 Å². The molecule has 0 aromatic heterocycles. The van der Waals surface area contributed by atoms with Crippen molar-refractivity contribution in [1.82, 2.24) is 9.80 Å². The van der Waals surface area contributed by atoms with Gasteiger partial charge in [-0.2, -0.15) is 0 Å². The first kappa shape index (κ1) is 11.9. The Morgan fingerprint density at radius 2 is 1.75 bits per heavy atom. The normalized spacial score (nSPS) is 24.9. The van der Waals surface area contributed by atoms with E-state index in [4.69, 9.17) is 0 Å². The number of hydrogen-bond acceptors (Lipinski definition) is 2. The molecule has 2 aliphatic rings. The molecule has 1 amide bonds. The summed E-state index contributed by atoms with van der Waals surface area (Å²) in [5.74, 6) is 0.429. The summed E-state index contributed by atoms with van der Waals surface area (Å²) in [6.45, 7) is 10.6. The number of rotatable bonds is 3. The molecule has 0 radical (unpaired) electrons. The molecule has 1 saturated heterocycles. The Hall–Kier alpha value is -0.570. The highest BCUT2D eigenvalue weighted by Crippen LogP contribution is 2.50. The van der Waals surface area contributed by atoms with Crippen LogP contribution in [0.4, 0.5) is 0 Å². The molecule has 3 nitrogen and oxygen atoms in total. The molecule has 0 aromatic rings. The van der Waals surface area contributed by atoms with Crippen LogP contribution in [0, 0.1) is 5.41 Å². The fraction of sp³-hybridized carbons (Fsp3) is 0.923. The van der Waals surface area contributed by atoms with E-state index in [0.717, 1.165) is 45.4 Å². The molecule has 0 N–H and O–H groups in total. The van der Waals surface area contributed by atoms with Crippen molar-refractivity contribution in [3.8, 4) is 0 Å². The maximum Gasteiger partial charge on any atom is 0.228 e. The maximum absolute atomic E-state index is 12.3. The highest BCUT2D eigenvalue weighted by Gasteiger charge is 2.50. The second-order valence-corrected chi connectivity index (χ2v) is 5.56. The molecule has 0 bridgehead atoms. The van der Waals surface area contributed by atoms with Gasteiger partial charge in [0.05, 0.1) is 0 Å². The number of nitrogens with zero attached hydrogens (tertiary/aromatic N) is 2. The topological polar surface area (TPSA) is 23.6 Å². The summed E-state index contributed by atoms with van der Waals surface area (Å²) in [4.78, 5) is 16.8. The predicted octanol–water partition coefficient (Wildman–Crippen LogP) is 1.73. The van der Waals surface area contributed by atoms with E-state index in [1.807, 2.05) is 0 Å². The van der Waals surface area contributed by atoms with Crippen LogP contribution < -0.4 is 0 Å². The van der Waals surface area contributed by atoms with Crippen molar-refractivity contribution in [2.45, 2.75) is 46.1 Å². The molecule has 2 rings (SSSR count). The van der Waals surface area contributed by atoms with Crippen LogP contribution in [0.15, 0.2) is 0 Å². The first-order valence-electron chi connectivity index (χ1n) is 6.62. The fourth-order valence-corrected chi connectivity index (χ4v) is 2.65. The van der Waals surface area contributed by atoms with Crippen LogP contribution in [0.25, 0.3) is 0 Å². The second-order valence-electron chi connectivity index (χ2n) is 5.56. The number of piperazine rings is 1. The molecule has 0 spiro atoms. The molecule has 1 heterocycles. The van der Waals surface area contributed by atoms with Crippen molar-refractivity contribution < 1.29 is 4.79 Å². The summed E-state index contributed by atoms with van der Waals surface area (Å²) < 4.78 is 0. The number of carbonyl (C=O) groups excluding carboxylic acids is 1. The van der Waals surface area contributed by atoms with Gasteiger partial charge < -0.3 is 4.90 Å². The van der Waals surface area contributed by atoms with Crippen LogP contribution in [0.3, 0.4) is 0 Å². The zero-order valence-corrected chi connectivity index (χ0v) is 10.8. The van der Waals surface area contributed by atoms with Gasteiger partial charge in [-0.3, -0.25) is 9.69 Å². The molecule has 0 aromatic carbocycles. The minimum absolute atomic E-state index is 0.0556. The van der Waals surface area contributed by atoms with E-state index in [0.29, 0.717) is 11.9 Å². The van der Waals surface area contributed by atoms with Gasteiger partial charge in [-0.15, -0.1) is 0 Å². The van der Waals surface area contributed by atoms with Gasteiger partial charge in [0.1, 0.15) is 0 Å². The van der Waals surface area contributed by atoms with E-state index in [2.05, 4.69) is 30.6 Å². The van der Waals surface area contributed by atoms with Crippen LogP contribution in [0.1, 0.15) is 40.0 Å². The van der Waals surface area contributed by atoms with E-state index in [-0.39, 0.29) is 5.41 Å². The minimum atomic E-state index is 0.0556. The van der Waals surface area contributed by atoms with Gasteiger partial charge in [-0.1, -0.05) is 6.92 Å². The summed E-state index contributed by atoms with van der Waals surface area (Å²) >= 11 is 0. The van der Waals surface area contributed by atoms with E-state index in [1.165, 1.54) is 0 Å². The highest BCUT2D eigenvalue weighted by atomic mass is 16.2. The summed E-state index contributed by atoms with van der Waals surface area (Å²) in [6.07, 6.45) is 3.26. The molecule has 2 fully saturated rings. The zero-order chi connectivity index (χ0) is 11.8. The lowest BCUT2D eigenvalue weighted by Gasteiger charge is -2.38. The summed E-state index contributed by atoms with van der Waals surface area (Å²) in [7, 11) is 0. The number of carbonyl (C=O) groups is 1. The molecule has 0 unspecified atom stereocenters. The number of amides is 1. The lowest BCUT2D eigenvalue weighted by atomic mass is 10.0. The van der Waals surface area contributed by atoms with E-state index in [9.17, 15) is 4.79 Å². The van der Waals surface area contributed by atoms with Gasteiger partial charge in [0, 0.05) is 37.6 Å². The van der Waals surface area contributed by atoms with E-state index < -0.39 is 0 Å². The second kappa shape index (κ2) is 4.36. The van der Waals surface area contributed by atoms with Crippen molar-refractivity contribution in [3.05, 3.63) is 0 Å². The smallest absolute Gasteiger partial charge is 0.228 e. The average molecular weight is 224 g/mol.